The molecule has 3 heteroatoms. The number of hydrazone groups is 1. The van der Waals surface area contributed by atoms with Gasteiger partial charge in [0.25, 0.3) is 0 Å². The van der Waals surface area contributed by atoms with Gasteiger partial charge in [-0.25, -0.2) is 5.01 Å². The largest absolute Gasteiger partial charge is 0.273 e. The molecule has 2 aromatic rings. The quantitative estimate of drug-likeness (QED) is 0.637. The van der Waals surface area contributed by atoms with Gasteiger partial charge >= 0.3 is 0 Å². The zero-order chi connectivity index (χ0) is 20.3. The van der Waals surface area contributed by atoms with Gasteiger partial charge in [-0.2, -0.15) is 5.10 Å². The van der Waals surface area contributed by atoms with Gasteiger partial charge < -0.3 is 0 Å². The van der Waals surface area contributed by atoms with Crippen LogP contribution in [0.1, 0.15) is 55.9 Å². The van der Waals surface area contributed by atoms with E-state index in [1.807, 2.05) is 0 Å². The van der Waals surface area contributed by atoms with Crippen LogP contribution in [-0.4, -0.2) is 22.7 Å². The van der Waals surface area contributed by atoms with Crippen molar-refractivity contribution in [3.05, 3.63) is 82.1 Å². The molecule has 3 nitrogen and oxygen atoms in total. The smallest absolute Gasteiger partial charge is 0.239 e. The highest BCUT2D eigenvalue weighted by molar-refractivity contribution is 6.03. The fourth-order valence-corrected chi connectivity index (χ4v) is 3.50. The summed E-state index contributed by atoms with van der Waals surface area (Å²) in [6.07, 6.45) is 1.48. The van der Waals surface area contributed by atoms with Gasteiger partial charge in [0.2, 0.25) is 5.91 Å². The second kappa shape index (κ2) is 8.41. The lowest BCUT2D eigenvalue weighted by Crippen LogP contribution is -2.31. The van der Waals surface area contributed by atoms with Gasteiger partial charge in [0.05, 0.1) is 11.8 Å². The summed E-state index contributed by atoms with van der Waals surface area (Å²) in [5, 5.41) is 6.31. The van der Waals surface area contributed by atoms with Crippen LogP contribution < -0.4 is 0 Å². The van der Waals surface area contributed by atoms with E-state index in [1.165, 1.54) is 11.1 Å². The van der Waals surface area contributed by atoms with Crippen molar-refractivity contribution in [3.8, 4) is 0 Å². The lowest BCUT2D eigenvalue weighted by Gasteiger charge is -2.21. The van der Waals surface area contributed by atoms with E-state index in [2.05, 4.69) is 87.1 Å². The highest BCUT2D eigenvalue weighted by Gasteiger charge is 2.31. The third-order valence-electron chi connectivity index (χ3n) is 4.95. The Kier molecular flexibility index (Phi) is 5.96. The van der Waals surface area contributed by atoms with Crippen LogP contribution in [-0.2, 0) is 4.79 Å². The van der Waals surface area contributed by atoms with Crippen LogP contribution in [0, 0.1) is 13.8 Å². The normalized spacial score (nSPS) is 15.8. The van der Waals surface area contributed by atoms with Gasteiger partial charge in [-0.3, -0.25) is 4.79 Å². The molecule has 0 N–H and O–H groups in total. The van der Waals surface area contributed by atoms with Gasteiger partial charge in [0.15, 0.2) is 0 Å². The number of hydrogen-bond acceptors (Lipinski definition) is 2. The molecule has 0 saturated heterocycles. The van der Waals surface area contributed by atoms with Crippen LogP contribution in [0.2, 0.25) is 0 Å². The predicted molar refractivity (Wildman–Crippen MR) is 116 cm³/mol. The Morgan fingerprint density at radius 1 is 1.00 bits per heavy atom. The number of aryl methyl sites for hydroxylation is 2. The van der Waals surface area contributed by atoms with Crippen molar-refractivity contribution in [2.24, 2.45) is 5.10 Å². The number of carbonyl (C=O) groups excluding carboxylic acids is 1. The van der Waals surface area contributed by atoms with Gasteiger partial charge in [-0.15, -0.1) is 5.73 Å². The van der Waals surface area contributed by atoms with E-state index in [1.54, 1.807) is 11.9 Å². The monoisotopic (exact) mass is 372 g/mol. The molecule has 1 atom stereocenters. The maximum Gasteiger partial charge on any atom is 0.239 e. The summed E-state index contributed by atoms with van der Waals surface area (Å²) in [7, 11) is 0. The molecule has 1 aliphatic rings. The second-order valence-electron chi connectivity index (χ2n) is 7.81. The minimum absolute atomic E-state index is 0.0111. The highest BCUT2D eigenvalue weighted by Crippen LogP contribution is 2.29. The average molecular weight is 373 g/mol. The number of amides is 1. The summed E-state index contributed by atoms with van der Waals surface area (Å²) in [4.78, 5) is 12.3. The Labute approximate surface area is 168 Å². The molecule has 0 aliphatic carbocycles. The Balaban J connectivity index is 1.90. The topological polar surface area (TPSA) is 32.7 Å². The highest BCUT2D eigenvalue weighted by atomic mass is 16.2. The van der Waals surface area contributed by atoms with Crippen LogP contribution in [0.4, 0.5) is 0 Å². The van der Waals surface area contributed by atoms with Crippen molar-refractivity contribution in [3.63, 3.8) is 0 Å². The summed E-state index contributed by atoms with van der Waals surface area (Å²) in [5.74, 6) is -0.0208. The fraction of sp³-hybridized carbons (Fsp3) is 0.320. The second-order valence-corrected chi connectivity index (χ2v) is 7.81. The molecule has 28 heavy (non-hydrogen) atoms. The van der Waals surface area contributed by atoms with E-state index in [0.717, 1.165) is 40.8 Å². The number of hydrogen-bond donors (Lipinski definition) is 0. The molecule has 0 aromatic heterocycles. The SMILES string of the molecule is CC(=O)N1N=C(c2ccc(C)cc2)C[C@@H]1CC(=C=C(C)C)c1ccc(C)cc1. The molecular formula is C25H28N2O. The van der Waals surface area contributed by atoms with Crippen LogP contribution >= 0.6 is 0 Å². The number of nitrogens with zero attached hydrogens (tertiary/aromatic N) is 2. The molecule has 0 saturated carbocycles. The first kappa shape index (κ1) is 19.9. The van der Waals surface area contributed by atoms with Gasteiger partial charge in [-0.05, 0) is 44.4 Å². The van der Waals surface area contributed by atoms with Crippen molar-refractivity contribution in [2.75, 3.05) is 0 Å². The molecule has 0 spiro atoms. The van der Waals surface area contributed by atoms with E-state index in [4.69, 9.17) is 0 Å². The van der Waals surface area contributed by atoms with Gasteiger partial charge in [0, 0.05) is 25.3 Å². The van der Waals surface area contributed by atoms with Crippen LogP contribution in [0.25, 0.3) is 5.57 Å². The zero-order valence-corrected chi connectivity index (χ0v) is 17.4. The molecule has 0 bridgehead atoms. The van der Waals surface area contributed by atoms with Crippen molar-refractivity contribution in [1.82, 2.24) is 5.01 Å². The van der Waals surface area contributed by atoms with Crippen molar-refractivity contribution >= 4 is 17.2 Å². The molecule has 3 rings (SSSR count). The molecule has 0 unspecified atom stereocenters. The maximum atomic E-state index is 12.3. The number of carbonyl (C=O) groups is 1. The lowest BCUT2D eigenvalue weighted by atomic mass is 9.94. The molecule has 0 radical (unpaired) electrons. The summed E-state index contributed by atoms with van der Waals surface area (Å²) in [6.45, 7) is 9.86. The Bertz CT molecular complexity index is 955. The maximum absolute atomic E-state index is 12.3. The minimum atomic E-state index is -0.0208. The fourth-order valence-electron chi connectivity index (χ4n) is 3.50. The third kappa shape index (κ3) is 4.68. The van der Waals surface area contributed by atoms with Gasteiger partial charge in [-0.1, -0.05) is 59.7 Å². The Hall–Kier alpha value is -2.90. The van der Waals surface area contributed by atoms with E-state index in [-0.39, 0.29) is 11.9 Å². The third-order valence-corrected chi connectivity index (χ3v) is 4.95. The number of rotatable bonds is 4. The van der Waals surface area contributed by atoms with Crippen molar-refractivity contribution in [1.29, 1.82) is 0 Å². The zero-order valence-electron chi connectivity index (χ0n) is 17.4. The lowest BCUT2D eigenvalue weighted by molar-refractivity contribution is -0.130. The molecule has 1 aliphatic heterocycles. The Morgan fingerprint density at radius 3 is 2.11 bits per heavy atom. The first-order valence-electron chi connectivity index (χ1n) is 9.78. The molecular weight excluding hydrogens is 344 g/mol. The van der Waals surface area contributed by atoms with Crippen LogP contribution in [0.3, 0.4) is 0 Å². The molecule has 0 fully saturated rings. The summed E-state index contributed by atoms with van der Waals surface area (Å²) >= 11 is 0. The van der Waals surface area contributed by atoms with E-state index in [0.29, 0.717) is 0 Å². The average Bonchev–Trinajstić information content (AvgIpc) is 3.06. The standard InChI is InChI=1S/C25H28N2O/c1-17(2)14-23(21-10-6-18(3)7-11-21)15-24-16-25(26-27(24)20(5)28)22-12-8-19(4)9-13-22/h6-13,24H,15-16H2,1-5H3/t24-/m0/s1. The minimum Gasteiger partial charge on any atom is -0.273 e. The predicted octanol–water partition coefficient (Wildman–Crippen LogP) is 5.67. The molecule has 1 amide bonds. The number of benzene rings is 2. The van der Waals surface area contributed by atoms with Crippen LogP contribution in [0.15, 0.2) is 64.9 Å². The molecule has 144 valence electrons. The summed E-state index contributed by atoms with van der Waals surface area (Å²) < 4.78 is 0. The van der Waals surface area contributed by atoms with Crippen LogP contribution in [0.5, 0.6) is 0 Å². The molecule has 2 aromatic carbocycles. The van der Waals surface area contributed by atoms with Crippen molar-refractivity contribution < 1.29 is 4.79 Å². The first-order chi connectivity index (χ1) is 13.3. The molecule has 1 heterocycles. The van der Waals surface area contributed by atoms with Gasteiger partial charge in [0.1, 0.15) is 0 Å². The Morgan fingerprint density at radius 2 is 1.57 bits per heavy atom. The van der Waals surface area contributed by atoms with E-state index >= 15 is 0 Å². The van der Waals surface area contributed by atoms with E-state index < -0.39 is 0 Å². The summed E-state index contributed by atoms with van der Waals surface area (Å²) in [5.41, 5.74) is 11.4. The first-order valence-corrected chi connectivity index (χ1v) is 9.78. The summed E-state index contributed by atoms with van der Waals surface area (Å²) in [6, 6.07) is 16.9. The van der Waals surface area contributed by atoms with Crippen molar-refractivity contribution in [2.45, 2.75) is 53.5 Å². The van der Waals surface area contributed by atoms with E-state index in [9.17, 15) is 4.79 Å².